The molecule has 3 heteroatoms. The molecule has 0 aliphatic carbocycles. The third kappa shape index (κ3) is 3.49. The standard InChI is InChI=1S/C8H12O2S/c11-6-2-4-9-7-8-3-1-5-10-8/h1,3,5,11H,2,4,6-7H2. The second kappa shape index (κ2) is 5.27. The smallest absolute Gasteiger partial charge is 0.129 e. The lowest BCUT2D eigenvalue weighted by Crippen LogP contribution is -1.94. The average molecular weight is 172 g/mol. The van der Waals surface area contributed by atoms with E-state index in [1.54, 1.807) is 6.26 Å². The fourth-order valence-electron chi connectivity index (χ4n) is 0.734. The summed E-state index contributed by atoms with van der Waals surface area (Å²) >= 11 is 4.07. The highest BCUT2D eigenvalue weighted by molar-refractivity contribution is 7.80. The Hall–Kier alpha value is -0.410. The van der Waals surface area contributed by atoms with Crippen LogP contribution in [-0.4, -0.2) is 12.4 Å². The van der Waals surface area contributed by atoms with Crippen molar-refractivity contribution in [2.45, 2.75) is 13.0 Å². The van der Waals surface area contributed by atoms with Gasteiger partial charge in [-0.15, -0.1) is 0 Å². The molecule has 0 spiro atoms. The van der Waals surface area contributed by atoms with Gasteiger partial charge in [-0.2, -0.15) is 12.6 Å². The second-order valence-electron chi connectivity index (χ2n) is 2.21. The molecule has 0 amide bonds. The Morgan fingerprint density at radius 3 is 3.09 bits per heavy atom. The predicted octanol–water partition coefficient (Wildman–Crippen LogP) is 2.12. The minimum Gasteiger partial charge on any atom is -0.467 e. The Morgan fingerprint density at radius 2 is 2.45 bits per heavy atom. The molecule has 0 atom stereocenters. The van der Waals surface area contributed by atoms with Crippen LogP contribution in [0, 0.1) is 0 Å². The first-order chi connectivity index (χ1) is 5.43. The first-order valence-electron chi connectivity index (χ1n) is 3.64. The van der Waals surface area contributed by atoms with Crippen LogP contribution < -0.4 is 0 Å². The normalized spacial score (nSPS) is 10.3. The van der Waals surface area contributed by atoms with E-state index in [1.165, 1.54) is 0 Å². The maximum atomic E-state index is 5.28. The van der Waals surface area contributed by atoms with Gasteiger partial charge in [0, 0.05) is 6.61 Å². The van der Waals surface area contributed by atoms with Gasteiger partial charge in [-0.3, -0.25) is 0 Å². The van der Waals surface area contributed by atoms with Crippen LogP contribution >= 0.6 is 12.6 Å². The van der Waals surface area contributed by atoms with Gasteiger partial charge in [0.1, 0.15) is 12.4 Å². The zero-order valence-electron chi connectivity index (χ0n) is 6.32. The lowest BCUT2D eigenvalue weighted by atomic mass is 10.5. The Labute approximate surface area is 72.0 Å². The van der Waals surface area contributed by atoms with E-state index in [-0.39, 0.29) is 0 Å². The van der Waals surface area contributed by atoms with Crippen LogP contribution in [0.3, 0.4) is 0 Å². The summed E-state index contributed by atoms with van der Waals surface area (Å²) in [5.41, 5.74) is 0. The first kappa shape index (κ1) is 8.68. The Bertz CT molecular complexity index is 172. The van der Waals surface area contributed by atoms with Crippen molar-refractivity contribution in [3.05, 3.63) is 24.2 Å². The van der Waals surface area contributed by atoms with Crippen LogP contribution in [0.25, 0.3) is 0 Å². The number of rotatable bonds is 5. The van der Waals surface area contributed by atoms with E-state index < -0.39 is 0 Å². The third-order valence-electron chi connectivity index (χ3n) is 1.27. The number of hydrogen-bond acceptors (Lipinski definition) is 3. The van der Waals surface area contributed by atoms with Gasteiger partial charge in [-0.05, 0) is 24.3 Å². The molecule has 1 aromatic heterocycles. The highest BCUT2D eigenvalue weighted by Crippen LogP contribution is 2.01. The molecule has 0 aliphatic rings. The average Bonchev–Trinajstić information content (AvgIpc) is 2.50. The largest absolute Gasteiger partial charge is 0.467 e. The Kier molecular flexibility index (Phi) is 4.16. The maximum Gasteiger partial charge on any atom is 0.129 e. The van der Waals surface area contributed by atoms with Gasteiger partial charge < -0.3 is 9.15 Å². The van der Waals surface area contributed by atoms with Crippen molar-refractivity contribution in [1.82, 2.24) is 0 Å². The highest BCUT2D eigenvalue weighted by Gasteiger charge is 1.93. The van der Waals surface area contributed by atoms with Gasteiger partial charge >= 0.3 is 0 Å². The van der Waals surface area contributed by atoms with Crippen LogP contribution in [-0.2, 0) is 11.3 Å². The SMILES string of the molecule is SCCCOCc1ccco1. The number of hydrogen-bond donors (Lipinski definition) is 1. The highest BCUT2D eigenvalue weighted by atomic mass is 32.1. The quantitative estimate of drug-likeness (QED) is 0.543. The summed E-state index contributed by atoms with van der Waals surface area (Å²) in [6, 6.07) is 3.76. The summed E-state index contributed by atoms with van der Waals surface area (Å²) in [5.74, 6) is 1.75. The van der Waals surface area contributed by atoms with Crippen molar-refractivity contribution in [2.75, 3.05) is 12.4 Å². The fourth-order valence-corrected chi connectivity index (χ4v) is 0.863. The van der Waals surface area contributed by atoms with E-state index in [4.69, 9.17) is 9.15 Å². The summed E-state index contributed by atoms with van der Waals surface area (Å²) in [7, 11) is 0. The summed E-state index contributed by atoms with van der Waals surface area (Å²) in [4.78, 5) is 0. The number of thiol groups is 1. The van der Waals surface area contributed by atoms with E-state index >= 15 is 0 Å². The Morgan fingerprint density at radius 1 is 1.55 bits per heavy atom. The van der Waals surface area contributed by atoms with E-state index in [0.29, 0.717) is 6.61 Å². The molecule has 1 aromatic rings. The molecular formula is C8H12O2S. The zero-order chi connectivity index (χ0) is 7.94. The molecule has 11 heavy (non-hydrogen) atoms. The summed E-state index contributed by atoms with van der Waals surface area (Å²) in [6.07, 6.45) is 2.64. The van der Waals surface area contributed by atoms with Crippen molar-refractivity contribution < 1.29 is 9.15 Å². The molecule has 0 aromatic carbocycles. The maximum absolute atomic E-state index is 5.28. The predicted molar refractivity (Wildman–Crippen MR) is 46.8 cm³/mol. The van der Waals surface area contributed by atoms with Gasteiger partial charge in [0.05, 0.1) is 6.26 Å². The molecule has 0 N–H and O–H groups in total. The molecule has 0 saturated heterocycles. The molecule has 0 bridgehead atoms. The zero-order valence-corrected chi connectivity index (χ0v) is 7.22. The van der Waals surface area contributed by atoms with E-state index in [0.717, 1.165) is 24.5 Å². The fraction of sp³-hybridized carbons (Fsp3) is 0.500. The van der Waals surface area contributed by atoms with E-state index in [1.807, 2.05) is 12.1 Å². The lowest BCUT2D eigenvalue weighted by molar-refractivity contribution is 0.107. The molecule has 0 unspecified atom stereocenters. The monoisotopic (exact) mass is 172 g/mol. The van der Waals surface area contributed by atoms with Crippen molar-refractivity contribution >= 4 is 12.6 Å². The summed E-state index contributed by atoms with van der Waals surface area (Å²) < 4.78 is 10.3. The molecule has 62 valence electrons. The molecule has 2 nitrogen and oxygen atoms in total. The minimum absolute atomic E-state index is 0.570. The van der Waals surface area contributed by atoms with Gasteiger partial charge in [-0.1, -0.05) is 0 Å². The van der Waals surface area contributed by atoms with Crippen LogP contribution in [0.1, 0.15) is 12.2 Å². The van der Waals surface area contributed by atoms with Gasteiger partial charge in [-0.25, -0.2) is 0 Å². The number of furan rings is 1. The lowest BCUT2D eigenvalue weighted by Gasteiger charge is -1.98. The van der Waals surface area contributed by atoms with Crippen molar-refractivity contribution in [3.8, 4) is 0 Å². The van der Waals surface area contributed by atoms with Crippen molar-refractivity contribution in [3.63, 3.8) is 0 Å². The summed E-state index contributed by atoms with van der Waals surface area (Å²) in [5, 5.41) is 0. The molecule has 0 aliphatic heterocycles. The summed E-state index contributed by atoms with van der Waals surface area (Å²) in [6.45, 7) is 1.32. The van der Waals surface area contributed by atoms with Crippen molar-refractivity contribution in [1.29, 1.82) is 0 Å². The second-order valence-corrected chi connectivity index (χ2v) is 2.66. The minimum atomic E-state index is 0.570. The molecular weight excluding hydrogens is 160 g/mol. The molecule has 0 radical (unpaired) electrons. The Balaban J connectivity index is 2.04. The molecule has 1 rings (SSSR count). The van der Waals surface area contributed by atoms with Gasteiger partial charge in [0.2, 0.25) is 0 Å². The van der Waals surface area contributed by atoms with Crippen LogP contribution in [0.4, 0.5) is 0 Å². The van der Waals surface area contributed by atoms with Crippen molar-refractivity contribution in [2.24, 2.45) is 0 Å². The van der Waals surface area contributed by atoms with Crippen LogP contribution in [0.5, 0.6) is 0 Å². The van der Waals surface area contributed by atoms with Crippen LogP contribution in [0.2, 0.25) is 0 Å². The first-order valence-corrected chi connectivity index (χ1v) is 4.27. The van der Waals surface area contributed by atoms with Gasteiger partial charge in [0.25, 0.3) is 0 Å². The molecule has 0 saturated carbocycles. The van der Waals surface area contributed by atoms with E-state index in [9.17, 15) is 0 Å². The molecule has 0 fully saturated rings. The third-order valence-corrected chi connectivity index (χ3v) is 1.59. The molecule has 1 heterocycles. The van der Waals surface area contributed by atoms with Crippen LogP contribution in [0.15, 0.2) is 22.8 Å². The van der Waals surface area contributed by atoms with E-state index in [2.05, 4.69) is 12.6 Å². The number of ether oxygens (including phenoxy) is 1. The topological polar surface area (TPSA) is 22.4 Å². The van der Waals surface area contributed by atoms with Gasteiger partial charge in [0.15, 0.2) is 0 Å².